The Bertz CT molecular complexity index is 341. The van der Waals surface area contributed by atoms with Crippen LogP contribution in [-0.4, -0.2) is 10.7 Å². The number of amides is 1. The van der Waals surface area contributed by atoms with Crippen LogP contribution in [0.4, 0.5) is 0 Å². The molecule has 1 amide bonds. The molecule has 14 heavy (non-hydrogen) atoms. The number of nitrogens with two attached hydrogens (primary N) is 1. The van der Waals surface area contributed by atoms with Crippen molar-refractivity contribution in [2.45, 2.75) is 30.4 Å². The summed E-state index contributed by atoms with van der Waals surface area (Å²) < 4.78 is 0.0888. The molecule has 0 radical (unpaired) electrons. The van der Waals surface area contributed by atoms with Crippen molar-refractivity contribution in [1.29, 1.82) is 0 Å². The Hall–Kier alpha value is -0.960. The fraction of sp³-hybridized carbons (Fsp3) is 0.364. The molecule has 0 heterocycles. The summed E-state index contributed by atoms with van der Waals surface area (Å²) in [5, 5.41) is 0. The molecule has 2 N–H and O–H groups in total. The molecule has 0 aromatic heterocycles. The molecule has 1 aromatic carbocycles. The molecule has 0 aliphatic carbocycles. The summed E-state index contributed by atoms with van der Waals surface area (Å²) in [6.45, 7) is 6.32. The van der Waals surface area contributed by atoms with Gasteiger partial charge in [0.25, 0.3) is 0 Å². The van der Waals surface area contributed by atoms with Gasteiger partial charge in [-0.25, -0.2) is 0 Å². The Kier molecular flexibility index (Phi) is 3.21. The second-order valence-corrected chi connectivity index (χ2v) is 5.94. The summed E-state index contributed by atoms with van der Waals surface area (Å²) in [5.41, 5.74) is 5.89. The van der Waals surface area contributed by atoms with Crippen LogP contribution in [0.5, 0.6) is 0 Å². The average Bonchev–Trinajstić information content (AvgIpc) is 2.01. The third-order valence-corrected chi connectivity index (χ3v) is 2.76. The van der Waals surface area contributed by atoms with Gasteiger partial charge >= 0.3 is 0 Å². The molecule has 0 bridgehead atoms. The minimum atomic E-state index is -0.364. The summed E-state index contributed by atoms with van der Waals surface area (Å²) >= 11 is 1.65. The highest BCUT2D eigenvalue weighted by Crippen LogP contribution is 2.33. The van der Waals surface area contributed by atoms with Crippen molar-refractivity contribution >= 4 is 17.7 Å². The molecule has 0 aliphatic heterocycles. The standard InChI is InChI=1S/C11H15NOS/c1-11(2,3)14-9-7-5-4-6-8(9)10(12)13/h4-7H,1-3H3,(H2,12,13). The predicted molar refractivity (Wildman–Crippen MR) is 60.6 cm³/mol. The molecular weight excluding hydrogens is 194 g/mol. The maximum absolute atomic E-state index is 11.1. The zero-order valence-corrected chi connectivity index (χ0v) is 9.52. The first kappa shape index (κ1) is 11.1. The van der Waals surface area contributed by atoms with E-state index in [2.05, 4.69) is 20.8 Å². The van der Waals surface area contributed by atoms with Crippen molar-refractivity contribution in [2.75, 3.05) is 0 Å². The minimum Gasteiger partial charge on any atom is -0.366 e. The van der Waals surface area contributed by atoms with Crippen molar-refractivity contribution < 1.29 is 4.79 Å². The maximum atomic E-state index is 11.1. The van der Waals surface area contributed by atoms with Crippen LogP contribution in [0.1, 0.15) is 31.1 Å². The van der Waals surface area contributed by atoms with Crippen molar-refractivity contribution in [3.8, 4) is 0 Å². The van der Waals surface area contributed by atoms with Crippen LogP contribution in [0.3, 0.4) is 0 Å². The van der Waals surface area contributed by atoms with E-state index >= 15 is 0 Å². The smallest absolute Gasteiger partial charge is 0.249 e. The van der Waals surface area contributed by atoms with Gasteiger partial charge in [0, 0.05) is 9.64 Å². The summed E-state index contributed by atoms with van der Waals surface area (Å²) in [4.78, 5) is 12.1. The molecule has 76 valence electrons. The van der Waals surface area contributed by atoms with Gasteiger partial charge < -0.3 is 5.73 Å². The Morgan fingerprint density at radius 3 is 2.36 bits per heavy atom. The van der Waals surface area contributed by atoms with E-state index in [4.69, 9.17) is 5.73 Å². The lowest BCUT2D eigenvalue weighted by atomic mass is 10.2. The van der Waals surface area contributed by atoms with E-state index in [1.807, 2.05) is 18.2 Å². The van der Waals surface area contributed by atoms with Gasteiger partial charge in [0.15, 0.2) is 0 Å². The molecule has 3 heteroatoms. The van der Waals surface area contributed by atoms with Gasteiger partial charge in [0.1, 0.15) is 0 Å². The highest BCUT2D eigenvalue weighted by atomic mass is 32.2. The fourth-order valence-electron chi connectivity index (χ4n) is 1.09. The minimum absolute atomic E-state index is 0.0888. The highest BCUT2D eigenvalue weighted by Gasteiger charge is 2.16. The molecule has 1 rings (SSSR count). The van der Waals surface area contributed by atoms with Crippen LogP contribution < -0.4 is 5.73 Å². The van der Waals surface area contributed by atoms with Gasteiger partial charge in [-0.3, -0.25) is 4.79 Å². The van der Waals surface area contributed by atoms with E-state index in [1.54, 1.807) is 17.8 Å². The lowest BCUT2D eigenvalue weighted by Gasteiger charge is -2.18. The summed E-state index contributed by atoms with van der Waals surface area (Å²) in [5.74, 6) is -0.364. The number of primary amides is 1. The molecule has 0 saturated heterocycles. The molecule has 0 fully saturated rings. The van der Waals surface area contributed by atoms with Gasteiger partial charge in [-0.2, -0.15) is 0 Å². The summed E-state index contributed by atoms with van der Waals surface area (Å²) in [7, 11) is 0. The number of hydrogen-bond acceptors (Lipinski definition) is 2. The number of thioether (sulfide) groups is 1. The molecule has 0 atom stereocenters. The van der Waals surface area contributed by atoms with E-state index in [0.717, 1.165) is 4.90 Å². The lowest BCUT2D eigenvalue weighted by molar-refractivity contribution is 0.0997. The van der Waals surface area contributed by atoms with Gasteiger partial charge in [-0.05, 0) is 12.1 Å². The molecule has 0 unspecified atom stereocenters. The Labute approximate surface area is 88.9 Å². The molecule has 0 aliphatic rings. The monoisotopic (exact) mass is 209 g/mol. The number of carbonyl (C=O) groups excluding carboxylic acids is 1. The normalized spacial score (nSPS) is 11.4. The second kappa shape index (κ2) is 4.05. The first-order valence-corrected chi connectivity index (χ1v) is 5.29. The maximum Gasteiger partial charge on any atom is 0.249 e. The summed E-state index contributed by atoms with van der Waals surface area (Å²) in [6, 6.07) is 7.43. The Morgan fingerprint density at radius 2 is 1.86 bits per heavy atom. The first-order chi connectivity index (χ1) is 6.40. The van der Waals surface area contributed by atoms with E-state index in [-0.39, 0.29) is 10.7 Å². The van der Waals surface area contributed by atoms with Gasteiger partial charge in [0.2, 0.25) is 5.91 Å². The quantitative estimate of drug-likeness (QED) is 0.761. The number of rotatable bonds is 2. The highest BCUT2D eigenvalue weighted by molar-refractivity contribution is 8.00. The van der Waals surface area contributed by atoms with Crippen molar-refractivity contribution in [1.82, 2.24) is 0 Å². The SMILES string of the molecule is CC(C)(C)Sc1ccccc1C(N)=O. The molecule has 0 spiro atoms. The first-order valence-electron chi connectivity index (χ1n) is 4.48. The van der Waals surface area contributed by atoms with E-state index in [0.29, 0.717) is 5.56 Å². The van der Waals surface area contributed by atoms with E-state index < -0.39 is 0 Å². The van der Waals surface area contributed by atoms with Crippen molar-refractivity contribution in [2.24, 2.45) is 5.73 Å². The van der Waals surface area contributed by atoms with E-state index in [9.17, 15) is 4.79 Å². The third kappa shape index (κ3) is 3.07. The zero-order valence-electron chi connectivity index (χ0n) is 8.70. The molecule has 1 aromatic rings. The van der Waals surface area contributed by atoms with Crippen LogP contribution in [0.25, 0.3) is 0 Å². The van der Waals surface area contributed by atoms with Crippen LogP contribution in [0.2, 0.25) is 0 Å². The third-order valence-electron chi connectivity index (χ3n) is 1.57. The van der Waals surface area contributed by atoms with Crippen molar-refractivity contribution in [3.63, 3.8) is 0 Å². The Morgan fingerprint density at radius 1 is 1.29 bits per heavy atom. The average molecular weight is 209 g/mol. The number of carbonyl (C=O) groups is 1. The number of hydrogen-bond donors (Lipinski definition) is 1. The largest absolute Gasteiger partial charge is 0.366 e. The second-order valence-electron chi connectivity index (χ2n) is 4.07. The summed E-state index contributed by atoms with van der Waals surface area (Å²) in [6.07, 6.45) is 0. The van der Waals surface area contributed by atoms with Crippen LogP contribution in [0, 0.1) is 0 Å². The zero-order chi connectivity index (χ0) is 10.8. The molecule has 2 nitrogen and oxygen atoms in total. The topological polar surface area (TPSA) is 43.1 Å². The van der Waals surface area contributed by atoms with Crippen LogP contribution >= 0.6 is 11.8 Å². The van der Waals surface area contributed by atoms with Crippen LogP contribution in [0.15, 0.2) is 29.2 Å². The Balaban J connectivity index is 3.02. The van der Waals surface area contributed by atoms with Crippen molar-refractivity contribution in [3.05, 3.63) is 29.8 Å². The van der Waals surface area contributed by atoms with Crippen LogP contribution in [-0.2, 0) is 0 Å². The molecular formula is C11H15NOS. The molecule has 0 saturated carbocycles. The number of benzene rings is 1. The van der Waals surface area contributed by atoms with E-state index in [1.165, 1.54) is 0 Å². The predicted octanol–water partition coefficient (Wildman–Crippen LogP) is 2.68. The van der Waals surface area contributed by atoms with Gasteiger partial charge in [-0.15, -0.1) is 11.8 Å². The van der Waals surface area contributed by atoms with Gasteiger partial charge in [-0.1, -0.05) is 32.9 Å². The lowest BCUT2D eigenvalue weighted by Crippen LogP contribution is -2.14. The fourth-order valence-corrected chi connectivity index (χ4v) is 2.17. The van der Waals surface area contributed by atoms with Gasteiger partial charge in [0.05, 0.1) is 5.56 Å².